The molecule has 2 unspecified atom stereocenters. The number of esters is 2. The summed E-state index contributed by atoms with van der Waals surface area (Å²) in [5.41, 5.74) is 1.41. The van der Waals surface area contributed by atoms with Crippen LogP contribution in [0.4, 0.5) is 0 Å². The normalized spacial score (nSPS) is 18.5. The third-order valence-electron chi connectivity index (χ3n) is 5.22. The van der Waals surface area contributed by atoms with Gasteiger partial charge in [-0.2, -0.15) is 0 Å². The molecule has 0 amide bonds. The molecule has 0 aromatic carbocycles. The Morgan fingerprint density at radius 1 is 1.00 bits per heavy atom. The molecule has 7 nitrogen and oxygen atoms in total. The van der Waals surface area contributed by atoms with Gasteiger partial charge in [0.2, 0.25) is 0 Å². The molecule has 0 aliphatic heterocycles. The zero-order chi connectivity index (χ0) is 24.6. The van der Waals surface area contributed by atoms with Gasteiger partial charge < -0.3 is 9.47 Å². The second-order valence-electron chi connectivity index (χ2n) is 8.00. The summed E-state index contributed by atoms with van der Waals surface area (Å²) in [6.45, 7) is 24.5. The van der Waals surface area contributed by atoms with Gasteiger partial charge in [-0.25, -0.2) is 0 Å². The third-order valence-corrected chi connectivity index (χ3v) is 7.26. The number of rotatable bonds is 6. The Morgan fingerprint density at radius 3 is 1.88 bits per heavy atom. The van der Waals surface area contributed by atoms with Crippen LogP contribution in [0.3, 0.4) is 0 Å². The first-order valence-corrected chi connectivity index (χ1v) is 13.7. The minimum Gasteiger partial charge on any atom is 0 e. The van der Waals surface area contributed by atoms with Gasteiger partial charge in [0.05, 0.1) is 21.3 Å². The van der Waals surface area contributed by atoms with E-state index in [0.717, 1.165) is 19.3 Å². The van der Waals surface area contributed by atoms with Gasteiger partial charge in [0.15, 0.2) is 5.92 Å². The molecule has 0 N–H and O–H groups in total. The van der Waals surface area contributed by atoms with Crippen LogP contribution in [0.15, 0.2) is 22.9 Å². The van der Waals surface area contributed by atoms with E-state index < -0.39 is 25.9 Å². The predicted octanol–water partition coefficient (Wildman–Crippen LogP) is 4.16. The first-order chi connectivity index (χ1) is 14.8. The Hall–Kier alpha value is -1.62. The Balaban J connectivity index is -0.00000111. The number of carbonyl (C=O) groups is 2. The van der Waals surface area contributed by atoms with Crippen LogP contribution >= 0.6 is 0 Å². The van der Waals surface area contributed by atoms with Crippen molar-refractivity contribution >= 4 is 20.0 Å². The molecule has 0 bridgehead atoms. The Morgan fingerprint density at radius 2 is 1.47 bits per heavy atom. The molecule has 2 rings (SSSR count). The summed E-state index contributed by atoms with van der Waals surface area (Å²) >= 11 is 0. The van der Waals surface area contributed by atoms with E-state index in [2.05, 4.69) is 51.7 Å². The van der Waals surface area contributed by atoms with E-state index in [1.165, 1.54) is 17.2 Å². The van der Waals surface area contributed by atoms with Gasteiger partial charge in [-0.3, -0.25) is 9.59 Å². The number of carbonyl (C=O) groups excluding carboxylic acids is 2. The van der Waals surface area contributed by atoms with Crippen LogP contribution in [-0.2, 0) is 50.1 Å². The molecule has 0 radical (unpaired) electrons. The van der Waals surface area contributed by atoms with Gasteiger partial charge in [-0.05, 0) is 39.0 Å². The van der Waals surface area contributed by atoms with Crippen LogP contribution < -0.4 is 0 Å². The maximum Gasteiger partial charge on any atom is 0 e. The molecule has 1 fully saturated rings. The minimum absolute atomic E-state index is 0. The van der Waals surface area contributed by atoms with Crippen LogP contribution in [0, 0.1) is 37.7 Å². The standard InChI is InChI=1S/C20H32O4Si.3CO.Fe/c1-6-23-19(21)18(20(22)24-7-2)17-13-15(25(3,4)5)12-14-10-8-9-11-16(14)17;3*1-2;/h12-13,16-18H,6-11H2,1-5H3;;;;. The zero-order valence-corrected chi connectivity index (χ0v) is 21.4. The van der Waals surface area contributed by atoms with Gasteiger partial charge in [-0.15, -0.1) is 0 Å². The second-order valence-corrected chi connectivity index (χ2v) is 13.1. The number of hydrogen-bond donors (Lipinski definition) is 0. The smallest absolute Gasteiger partial charge is 0 e. The van der Waals surface area contributed by atoms with Crippen molar-refractivity contribution in [1.82, 2.24) is 0 Å². The van der Waals surface area contributed by atoms with Gasteiger partial charge in [-0.1, -0.05) is 49.0 Å². The van der Waals surface area contributed by atoms with Crippen LogP contribution in [0.5, 0.6) is 0 Å². The van der Waals surface area contributed by atoms with Crippen molar-refractivity contribution in [2.45, 2.75) is 59.2 Å². The number of ether oxygens (including phenoxy) is 2. The number of hydrogen-bond acceptors (Lipinski definition) is 4. The largest absolute Gasteiger partial charge is 0 e. The SMILES string of the molecule is CCOC(=O)C(C(=O)OCC)C1C=C([Si](C)(C)C)C=C2CCCCC21.[C-]#[O+].[C-]#[O+].[C-]#[O+].[Fe]. The van der Waals surface area contributed by atoms with Crippen molar-refractivity contribution in [2.24, 2.45) is 17.8 Å². The monoisotopic (exact) mass is 504 g/mol. The maximum absolute atomic E-state index is 12.6. The van der Waals surface area contributed by atoms with E-state index in [1.807, 2.05) is 0 Å². The quantitative estimate of drug-likeness (QED) is 0.178. The molecular weight excluding hydrogens is 472 g/mol. The molecule has 0 aromatic rings. The molecule has 32 heavy (non-hydrogen) atoms. The van der Waals surface area contributed by atoms with Crippen molar-refractivity contribution in [1.29, 1.82) is 0 Å². The molecule has 2 aliphatic carbocycles. The average Bonchev–Trinajstić information content (AvgIpc) is 2.78. The molecule has 0 heterocycles. The van der Waals surface area contributed by atoms with Crippen LogP contribution in [0.2, 0.25) is 19.6 Å². The van der Waals surface area contributed by atoms with Crippen molar-refractivity contribution in [3.05, 3.63) is 42.9 Å². The molecule has 0 saturated heterocycles. The van der Waals surface area contributed by atoms with E-state index >= 15 is 0 Å². The fourth-order valence-corrected chi connectivity index (χ4v) is 5.23. The second kappa shape index (κ2) is 18.9. The average molecular weight is 504 g/mol. The van der Waals surface area contributed by atoms with Crippen LogP contribution in [-0.4, -0.2) is 33.2 Å². The first-order valence-electron chi connectivity index (χ1n) is 10.2. The third kappa shape index (κ3) is 10.3. The summed E-state index contributed by atoms with van der Waals surface area (Å²) in [6.07, 6.45) is 9.00. The van der Waals surface area contributed by atoms with Crippen molar-refractivity contribution < 1.29 is 50.1 Å². The van der Waals surface area contributed by atoms with E-state index in [9.17, 15) is 9.59 Å². The van der Waals surface area contributed by atoms with Gasteiger partial charge >= 0.3 is 45.8 Å². The Labute approximate surface area is 203 Å². The molecule has 1 saturated carbocycles. The van der Waals surface area contributed by atoms with Crippen molar-refractivity contribution in [3.63, 3.8) is 0 Å². The molecule has 178 valence electrons. The van der Waals surface area contributed by atoms with E-state index in [-0.39, 0.29) is 42.1 Å². The summed E-state index contributed by atoms with van der Waals surface area (Å²) in [5, 5.41) is 1.34. The number of allylic oxidation sites excluding steroid dienone is 4. The summed E-state index contributed by atoms with van der Waals surface area (Å²) in [5.74, 6) is -1.61. The molecule has 2 aliphatic rings. The minimum atomic E-state index is -1.55. The van der Waals surface area contributed by atoms with E-state index in [0.29, 0.717) is 0 Å². The topological polar surface area (TPSA) is 112 Å². The molecular formula is C23H32FeO7Si. The molecule has 2 atom stereocenters. The van der Waals surface area contributed by atoms with Crippen LogP contribution in [0.25, 0.3) is 0 Å². The summed E-state index contributed by atoms with van der Waals surface area (Å²) in [7, 11) is -1.55. The van der Waals surface area contributed by atoms with Gasteiger partial charge in [0, 0.05) is 23.0 Å². The fourth-order valence-electron chi connectivity index (χ4n) is 3.92. The Bertz CT molecular complexity index is 669. The number of fused-ring (bicyclic) bond motifs is 1. The van der Waals surface area contributed by atoms with E-state index in [1.54, 1.807) is 13.8 Å². The van der Waals surface area contributed by atoms with Crippen molar-refractivity contribution in [2.75, 3.05) is 13.2 Å². The first kappa shape index (κ1) is 35.0. The summed E-state index contributed by atoms with van der Waals surface area (Å²) < 4.78 is 33.0. The van der Waals surface area contributed by atoms with Crippen molar-refractivity contribution in [3.8, 4) is 0 Å². The van der Waals surface area contributed by atoms with Gasteiger partial charge in [0.1, 0.15) is 0 Å². The molecule has 9 heteroatoms. The summed E-state index contributed by atoms with van der Waals surface area (Å²) in [4.78, 5) is 25.3. The Kier molecular flexibility index (Phi) is 20.7. The maximum atomic E-state index is 12.6. The summed E-state index contributed by atoms with van der Waals surface area (Å²) in [6, 6.07) is 0. The molecule has 0 aromatic heterocycles. The predicted molar refractivity (Wildman–Crippen MR) is 114 cm³/mol. The fraction of sp³-hybridized carbons (Fsp3) is 0.609. The zero-order valence-electron chi connectivity index (χ0n) is 19.3. The van der Waals surface area contributed by atoms with E-state index in [4.69, 9.17) is 23.4 Å². The molecule has 0 spiro atoms. The van der Waals surface area contributed by atoms with Gasteiger partial charge in [0.25, 0.3) is 0 Å². The van der Waals surface area contributed by atoms with Crippen LogP contribution in [0.1, 0.15) is 39.5 Å².